The highest BCUT2D eigenvalue weighted by atomic mass is 16.4. The van der Waals surface area contributed by atoms with Gasteiger partial charge < -0.3 is 10.4 Å². The van der Waals surface area contributed by atoms with E-state index in [1.54, 1.807) is 0 Å². The summed E-state index contributed by atoms with van der Waals surface area (Å²) in [6, 6.07) is 16.2. The SMILES string of the molecule is CCc1ccc(C(C(=O)Nc2cccc(CC3(C(=O)O)CC3)c2)C2CCCC2)cc1. The van der Waals surface area contributed by atoms with Crippen LogP contribution in [0.3, 0.4) is 0 Å². The summed E-state index contributed by atoms with van der Waals surface area (Å²) < 4.78 is 0. The van der Waals surface area contributed by atoms with E-state index < -0.39 is 11.4 Å². The number of hydrogen-bond donors (Lipinski definition) is 2. The van der Waals surface area contributed by atoms with Gasteiger partial charge in [-0.3, -0.25) is 9.59 Å². The smallest absolute Gasteiger partial charge is 0.309 e. The number of benzene rings is 2. The molecule has 4 heteroatoms. The van der Waals surface area contributed by atoms with Gasteiger partial charge in [-0.25, -0.2) is 0 Å². The van der Waals surface area contributed by atoms with Crippen LogP contribution in [0.2, 0.25) is 0 Å². The van der Waals surface area contributed by atoms with Gasteiger partial charge in [-0.15, -0.1) is 0 Å². The summed E-state index contributed by atoms with van der Waals surface area (Å²) in [5.74, 6) is -0.435. The van der Waals surface area contributed by atoms with Crippen LogP contribution in [-0.4, -0.2) is 17.0 Å². The van der Waals surface area contributed by atoms with Gasteiger partial charge in [0.25, 0.3) is 0 Å². The number of hydrogen-bond acceptors (Lipinski definition) is 2. The molecule has 2 aromatic rings. The quantitative estimate of drug-likeness (QED) is 0.603. The van der Waals surface area contributed by atoms with Crippen LogP contribution < -0.4 is 5.32 Å². The highest BCUT2D eigenvalue weighted by Crippen LogP contribution is 2.48. The van der Waals surface area contributed by atoms with Crippen LogP contribution in [-0.2, 0) is 22.4 Å². The molecule has 2 aliphatic rings. The maximum Gasteiger partial charge on any atom is 0.309 e. The third kappa shape index (κ3) is 4.43. The molecule has 158 valence electrons. The number of aliphatic carboxylic acids is 1. The molecule has 0 aromatic heterocycles. The van der Waals surface area contributed by atoms with Crippen molar-refractivity contribution < 1.29 is 14.7 Å². The van der Waals surface area contributed by atoms with Gasteiger partial charge in [0.1, 0.15) is 0 Å². The molecule has 2 aliphatic carbocycles. The highest BCUT2D eigenvalue weighted by Gasteiger charge is 2.49. The van der Waals surface area contributed by atoms with Crippen LogP contribution in [0.25, 0.3) is 0 Å². The molecule has 0 spiro atoms. The predicted molar refractivity (Wildman–Crippen MR) is 119 cm³/mol. The van der Waals surface area contributed by atoms with Crippen molar-refractivity contribution in [2.45, 2.75) is 64.2 Å². The van der Waals surface area contributed by atoms with E-state index in [2.05, 4.69) is 36.5 Å². The second-order valence-electron chi connectivity index (χ2n) is 9.07. The van der Waals surface area contributed by atoms with Crippen molar-refractivity contribution in [1.29, 1.82) is 0 Å². The Hall–Kier alpha value is -2.62. The fraction of sp³-hybridized carbons (Fsp3) is 0.462. The molecule has 2 N–H and O–H groups in total. The Morgan fingerprint density at radius 1 is 1.07 bits per heavy atom. The lowest BCUT2D eigenvalue weighted by molar-refractivity contribution is -0.143. The van der Waals surface area contributed by atoms with E-state index in [0.29, 0.717) is 12.3 Å². The van der Waals surface area contributed by atoms with Crippen molar-refractivity contribution in [2.75, 3.05) is 5.32 Å². The van der Waals surface area contributed by atoms with Gasteiger partial charge >= 0.3 is 5.97 Å². The van der Waals surface area contributed by atoms with E-state index >= 15 is 0 Å². The van der Waals surface area contributed by atoms with E-state index in [9.17, 15) is 14.7 Å². The zero-order valence-corrected chi connectivity index (χ0v) is 17.7. The van der Waals surface area contributed by atoms with Crippen molar-refractivity contribution in [3.63, 3.8) is 0 Å². The molecule has 4 nitrogen and oxygen atoms in total. The molecular formula is C26H31NO3. The fourth-order valence-electron chi connectivity index (χ4n) is 4.88. The molecule has 1 amide bonds. The lowest BCUT2D eigenvalue weighted by Crippen LogP contribution is -2.26. The van der Waals surface area contributed by atoms with E-state index in [1.165, 1.54) is 18.4 Å². The Bertz CT molecular complexity index is 908. The minimum Gasteiger partial charge on any atom is -0.481 e. The summed E-state index contributed by atoms with van der Waals surface area (Å²) in [7, 11) is 0. The molecule has 0 heterocycles. The van der Waals surface area contributed by atoms with Gasteiger partial charge in [0, 0.05) is 5.69 Å². The standard InChI is InChI=1S/C26H31NO3/c1-2-18-10-12-21(13-11-18)23(20-7-3-4-8-20)24(28)27-22-9-5-6-19(16-22)17-26(14-15-26)25(29)30/h5-6,9-13,16,20,23H,2-4,7-8,14-15,17H2,1H3,(H,27,28)(H,29,30). The summed E-state index contributed by atoms with van der Waals surface area (Å²) in [5, 5.41) is 12.6. The number of carboxylic acids is 1. The van der Waals surface area contributed by atoms with Crippen LogP contribution in [0.15, 0.2) is 48.5 Å². The number of carbonyl (C=O) groups excluding carboxylic acids is 1. The molecule has 0 aliphatic heterocycles. The first-order valence-electron chi connectivity index (χ1n) is 11.2. The average molecular weight is 406 g/mol. The Balaban J connectivity index is 1.52. The summed E-state index contributed by atoms with van der Waals surface area (Å²) in [6.07, 6.45) is 7.54. The number of carboxylic acid groups (broad SMARTS) is 1. The van der Waals surface area contributed by atoms with Crippen LogP contribution in [0.5, 0.6) is 0 Å². The fourth-order valence-corrected chi connectivity index (χ4v) is 4.88. The Morgan fingerprint density at radius 2 is 1.77 bits per heavy atom. The predicted octanol–water partition coefficient (Wildman–Crippen LogP) is 5.57. The molecule has 0 saturated heterocycles. The minimum atomic E-state index is -0.714. The van der Waals surface area contributed by atoms with Gasteiger partial charge in [-0.05, 0) is 73.3 Å². The summed E-state index contributed by atoms with van der Waals surface area (Å²) >= 11 is 0. The van der Waals surface area contributed by atoms with Gasteiger partial charge in [0.05, 0.1) is 11.3 Å². The van der Waals surface area contributed by atoms with Gasteiger partial charge in [0.2, 0.25) is 5.91 Å². The number of rotatable bonds is 8. The first-order chi connectivity index (χ1) is 14.5. The third-order valence-electron chi connectivity index (χ3n) is 6.95. The molecule has 0 bridgehead atoms. The summed E-state index contributed by atoms with van der Waals surface area (Å²) in [5.41, 5.74) is 3.50. The second-order valence-corrected chi connectivity index (χ2v) is 9.07. The van der Waals surface area contributed by atoms with Crippen molar-refractivity contribution in [3.05, 3.63) is 65.2 Å². The lowest BCUT2D eigenvalue weighted by Gasteiger charge is -2.24. The van der Waals surface area contributed by atoms with E-state index in [4.69, 9.17) is 0 Å². The molecular weight excluding hydrogens is 374 g/mol. The Morgan fingerprint density at radius 3 is 2.37 bits per heavy atom. The van der Waals surface area contributed by atoms with Crippen LogP contribution in [0, 0.1) is 11.3 Å². The van der Waals surface area contributed by atoms with Crippen molar-refractivity contribution in [2.24, 2.45) is 11.3 Å². The van der Waals surface area contributed by atoms with E-state index in [0.717, 1.165) is 48.9 Å². The molecule has 2 fully saturated rings. The lowest BCUT2D eigenvalue weighted by atomic mass is 9.83. The molecule has 2 saturated carbocycles. The molecule has 1 unspecified atom stereocenters. The zero-order valence-electron chi connectivity index (χ0n) is 17.7. The normalized spacial score (nSPS) is 18.7. The Kier molecular flexibility index (Phi) is 5.94. The number of carbonyl (C=O) groups is 2. The van der Waals surface area contributed by atoms with Crippen LogP contribution in [0.1, 0.15) is 68.1 Å². The number of anilines is 1. The largest absolute Gasteiger partial charge is 0.481 e. The monoisotopic (exact) mass is 405 g/mol. The molecule has 1 atom stereocenters. The van der Waals surface area contributed by atoms with Gasteiger partial charge in [-0.1, -0.05) is 56.2 Å². The van der Waals surface area contributed by atoms with Crippen LogP contribution in [0.4, 0.5) is 5.69 Å². The number of amides is 1. The van der Waals surface area contributed by atoms with Crippen LogP contribution >= 0.6 is 0 Å². The minimum absolute atomic E-state index is 0.0441. The van der Waals surface area contributed by atoms with E-state index in [1.807, 2.05) is 24.3 Å². The van der Waals surface area contributed by atoms with Crippen molar-refractivity contribution in [3.8, 4) is 0 Å². The highest BCUT2D eigenvalue weighted by molar-refractivity contribution is 5.96. The zero-order chi connectivity index (χ0) is 21.1. The van der Waals surface area contributed by atoms with E-state index in [-0.39, 0.29) is 11.8 Å². The molecule has 2 aromatic carbocycles. The van der Waals surface area contributed by atoms with Crippen molar-refractivity contribution in [1.82, 2.24) is 0 Å². The first-order valence-corrected chi connectivity index (χ1v) is 11.2. The number of aryl methyl sites for hydroxylation is 1. The molecule has 30 heavy (non-hydrogen) atoms. The Labute approximate surface area is 178 Å². The first kappa shape index (κ1) is 20.6. The summed E-state index contributed by atoms with van der Waals surface area (Å²) in [4.78, 5) is 24.9. The third-order valence-corrected chi connectivity index (χ3v) is 6.95. The average Bonchev–Trinajstić information content (AvgIpc) is 3.33. The van der Waals surface area contributed by atoms with Crippen molar-refractivity contribution >= 4 is 17.6 Å². The summed E-state index contributed by atoms with van der Waals surface area (Å²) in [6.45, 7) is 2.14. The maximum atomic E-state index is 13.4. The topological polar surface area (TPSA) is 66.4 Å². The maximum absolute atomic E-state index is 13.4. The second kappa shape index (κ2) is 8.63. The molecule has 4 rings (SSSR count). The van der Waals surface area contributed by atoms with Gasteiger partial charge in [0.15, 0.2) is 0 Å². The molecule has 0 radical (unpaired) electrons. The number of nitrogens with one attached hydrogen (secondary N) is 1. The van der Waals surface area contributed by atoms with Gasteiger partial charge in [-0.2, -0.15) is 0 Å².